The summed E-state index contributed by atoms with van der Waals surface area (Å²) in [6.07, 6.45) is 3.55. The van der Waals surface area contributed by atoms with Crippen molar-refractivity contribution < 1.29 is 14.3 Å². The van der Waals surface area contributed by atoms with Gasteiger partial charge >= 0.3 is 0 Å². The number of carbonyl (C=O) groups excluding carboxylic acids is 1. The number of carbonyl (C=O) groups is 1. The minimum Gasteiger partial charge on any atom is -0.491 e. The Morgan fingerprint density at radius 2 is 1.88 bits per heavy atom. The van der Waals surface area contributed by atoms with E-state index in [0.717, 1.165) is 11.1 Å². The number of rotatable bonds is 7. The second-order valence-electron chi connectivity index (χ2n) is 8.87. The van der Waals surface area contributed by atoms with Gasteiger partial charge in [-0.1, -0.05) is 26.8 Å². The van der Waals surface area contributed by atoms with E-state index < -0.39 is 0 Å². The highest BCUT2D eigenvalue weighted by atomic mass is 16.5. The quantitative estimate of drug-likeness (QED) is 0.428. The summed E-state index contributed by atoms with van der Waals surface area (Å²) in [4.78, 5) is 25.6. The van der Waals surface area contributed by atoms with E-state index in [2.05, 4.69) is 51.5 Å². The Morgan fingerprint density at radius 3 is 2.62 bits per heavy atom. The lowest BCUT2D eigenvalue weighted by molar-refractivity contribution is 0.0934. The number of fused-ring (bicyclic) bond motifs is 1. The van der Waals surface area contributed by atoms with Crippen molar-refractivity contribution in [3.63, 3.8) is 0 Å². The second-order valence-corrected chi connectivity index (χ2v) is 8.87. The van der Waals surface area contributed by atoms with Crippen molar-refractivity contribution in [1.82, 2.24) is 29.9 Å². The molecule has 0 saturated carbocycles. The first-order valence-corrected chi connectivity index (χ1v) is 10.7. The van der Waals surface area contributed by atoms with Crippen molar-refractivity contribution in [3.05, 3.63) is 54.5 Å². The molecule has 10 nitrogen and oxygen atoms in total. The standard InChI is InChI=1S/C24H27N7O3/c1-24(2,3)14-26-21(32)17-7-6-8-19(27-17)28-23-29-20-10-9-15(13-31(20)30-23)16-11-18(33-4)22(34-5)25-12-16/h6-13H,14H2,1-5H3,(H,26,32)(H,27,28,30). The zero-order chi connectivity index (χ0) is 24.3. The third-order valence-corrected chi connectivity index (χ3v) is 4.90. The van der Waals surface area contributed by atoms with Gasteiger partial charge in [-0.2, -0.15) is 4.98 Å². The maximum absolute atomic E-state index is 12.4. The van der Waals surface area contributed by atoms with Crippen molar-refractivity contribution in [2.45, 2.75) is 20.8 Å². The van der Waals surface area contributed by atoms with Crippen molar-refractivity contribution in [3.8, 4) is 22.8 Å². The van der Waals surface area contributed by atoms with Crippen LogP contribution in [0.3, 0.4) is 0 Å². The molecule has 176 valence electrons. The Bertz CT molecular complexity index is 1330. The molecule has 10 heteroatoms. The maximum atomic E-state index is 12.4. The van der Waals surface area contributed by atoms with Crippen LogP contribution in [0.25, 0.3) is 16.8 Å². The van der Waals surface area contributed by atoms with Gasteiger partial charge in [0.05, 0.1) is 14.2 Å². The molecular formula is C24H27N7O3. The zero-order valence-corrected chi connectivity index (χ0v) is 19.8. The monoisotopic (exact) mass is 461 g/mol. The van der Waals surface area contributed by atoms with E-state index in [9.17, 15) is 4.79 Å². The Kier molecular flexibility index (Phi) is 6.31. The third-order valence-electron chi connectivity index (χ3n) is 4.90. The largest absolute Gasteiger partial charge is 0.491 e. The SMILES string of the molecule is COc1cc(-c2ccc3nc(Nc4cccc(C(=O)NCC(C)(C)C)n4)nn3c2)cnc1OC. The highest BCUT2D eigenvalue weighted by Crippen LogP contribution is 2.30. The van der Waals surface area contributed by atoms with Gasteiger partial charge in [-0.15, -0.1) is 5.10 Å². The van der Waals surface area contributed by atoms with Crippen LogP contribution < -0.4 is 20.1 Å². The van der Waals surface area contributed by atoms with Crippen LogP contribution in [0.4, 0.5) is 11.8 Å². The third kappa shape index (κ3) is 5.22. The van der Waals surface area contributed by atoms with Gasteiger partial charge in [0.25, 0.3) is 11.8 Å². The molecule has 0 bridgehead atoms. The number of nitrogens with one attached hydrogen (secondary N) is 2. The summed E-state index contributed by atoms with van der Waals surface area (Å²) < 4.78 is 12.2. The van der Waals surface area contributed by atoms with Gasteiger partial charge in [-0.3, -0.25) is 4.79 Å². The van der Waals surface area contributed by atoms with Gasteiger partial charge in [0.15, 0.2) is 11.4 Å². The molecule has 4 aromatic heterocycles. The van der Waals surface area contributed by atoms with Crippen LogP contribution in [-0.2, 0) is 0 Å². The molecular weight excluding hydrogens is 434 g/mol. The van der Waals surface area contributed by atoms with E-state index in [0.29, 0.717) is 41.3 Å². The molecule has 1 amide bonds. The number of aromatic nitrogens is 5. The van der Waals surface area contributed by atoms with Gasteiger partial charge in [0, 0.05) is 30.1 Å². The van der Waals surface area contributed by atoms with Gasteiger partial charge < -0.3 is 20.1 Å². The summed E-state index contributed by atoms with van der Waals surface area (Å²) in [5.41, 5.74) is 2.69. The summed E-state index contributed by atoms with van der Waals surface area (Å²) in [7, 11) is 3.11. The van der Waals surface area contributed by atoms with Crippen LogP contribution in [0.15, 0.2) is 48.8 Å². The lowest BCUT2D eigenvalue weighted by atomic mass is 9.97. The number of hydrogen-bond donors (Lipinski definition) is 2. The van der Waals surface area contributed by atoms with E-state index in [-0.39, 0.29) is 11.3 Å². The van der Waals surface area contributed by atoms with Crippen LogP contribution in [-0.4, -0.2) is 51.2 Å². The van der Waals surface area contributed by atoms with E-state index in [1.165, 1.54) is 0 Å². The molecule has 0 atom stereocenters. The molecule has 0 aliphatic heterocycles. The van der Waals surface area contributed by atoms with E-state index in [1.807, 2.05) is 24.4 Å². The minimum absolute atomic E-state index is 0.0160. The Hall–Kier alpha value is -4.21. The lowest BCUT2D eigenvalue weighted by Crippen LogP contribution is -2.32. The molecule has 0 spiro atoms. The van der Waals surface area contributed by atoms with Crippen molar-refractivity contribution in [2.75, 3.05) is 26.1 Å². The molecule has 0 unspecified atom stereocenters. The van der Waals surface area contributed by atoms with E-state index in [1.54, 1.807) is 43.1 Å². The fraction of sp³-hybridized carbons (Fsp3) is 0.292. The molecule has 4 aromatic rings. The first-order valence-electron chi connectivity index (χ1n) is 10.7. The summed E-state index contributed by atoms with van der Waals surface area (Å²) in [5.74, 6) is 1.57. The summed E-state index contributed by atoms with van der Waals surface area (Å²) >= 11 is 0. The highest BCUT2D eigenvalue weighted by Gasteiger charge is 2.15. The number of amides is 1. The van der Waals surface area contributed by atoms with Crippen LogP contribution in [0.5, 0.6) is 11.6 Å². The first-order chi connectivity index (χ1) is 16.3. The van der Waals surface area contributed by atoms with Gasteiger partial charge in [0.2, 0.25) is 5.95 Å². The van der Waals surface area contributed by atoms with Crippen LogP contribution in [0, 0.1) is 5.41 Å². The molecule has 4 rings (SSSR count). The van der Waals surface area contributed by atoms with Crippen LogP contribution in [0.2, 0.25) is 0 Å². The Labute approximate surface area is 197 Å². The van der Waals surface area contributed by atoms with Crippen molar-refractivity contribution in [1.29, 1.82) is 0 Å². The molecule has 2 N–H and O–H groups in total. The van der Waals surface area contributed by atoms with Crippen LogP contribution >= 0.6 is 0 Å². The molecule has 4 heterocycles. The molecule has 34 heavy (non-hydrogen) atoms. The van der Waals surface area contributed by atoms with Crippen molar-refractivity contribution >= 4 is 23.3 Å². The van der Waals surface area contributed by atoms with Gasteiger partial charge in [-0.05, 0) is 35.7 Å². The topological polar surface area (TPSA) is 116 Å². The van der Waals surface area contributed by atoms with Gasteiger partial charge in [-0.25, -0.2) is 14.5 Å². The molecule has 0 aromatic carbocycles. The zero-order valence-electron chi connectivity index (χ0n) is 19.8. The smallest absolute Gasteiger partial charge is 0.269 e. The fourth-order valence-corrected chi connectivity index (χ4v) is 3.18. The number of nitrogens with zero attached hydrogens (tertiary/aromatic N) is 5. The Balaban J connectivity index is 1.54. The molecule has 0 saturated heterocycles. The summed E-state index contributed by atoms with van der Waals surface area (Å²) in [6, 6.07) is 10.8. The predicted molar refractivity (Wildman–Crippen MR) is 129 cm³/mol. The predicted octanol–water partition coefficient (Wildman–Crippen LogP) is 3.72. The number of ether oxygens (including phenoxy) is 2. The summed E-state index contributed by atoms with van der Waals surface area (Å²) in [5, 5.41) is 10.5. The number of anilines is 2. The minimum atomic E-state index is -0.227. The average molecular weight is 462 g/mol. The molecule has 0 aliphatic carbocycles. The summed E-state index contributed by atoms with van der Waals surface area (Å²) in [6.45, 7) is 6.72. The number of hydrogen-bond acceptors (Lipinski definition) is 8. The molecule has 0 aliphatic rings. The first kappa shape index (κ1) is 23.0. The van der Waals surface area contributed by atoms with E-state index >= 15 is 0 Å². The number of methoxy groups -OCH3 is 2. The lowest BCUT2D eigenvalue weighted by Gasteiger charge is -2.18. The normalized spacial score (nSPS) is 11.3. The molecule has 0 radical (unpaired) electrons. The Morgan fingerprint density at radius 1 is 1.06 bits per heavy atom. The number of pyridine rings is 3. The van der Waals surface area contributed by atoms with E-state index in [4.69, 9.17) is 9.47 Å². The fourth-order valence-electron chi connectivity index (χ4n) is 3.18. The molecule has 0 fully saturated rings. The highest BCUT2D eigenvalue weighted by molar-refractivity contribution is 5.92. The maximum Gasteiger partial charge on any atom is 0.269 e. The van der Waals surface area contributed by atoms with Gasteiger partial charge in [0.1, 0.15) is 11.5 Å². The average Bonchev–Trinajstić information content (AvgIpc) is 3.23. The second kappa shape index (κ2) is 9.34. The van der Waals surface area contributed by atoms with Crippen LogP contribution in [0.1, 0.15) is 31.3 Å². The van der Waals surface area contributed by atoms with Crippen molar-refractivity contribution in [2.24, 2.45) is 5.41 Å².